The molecule has 1 aromatic rings. The number of hydrogen-bond donors (Lipinski definition) is 1. The van der Waals surface area contributed by atoms with Crippen LogP contribution < -0.4 is 4.52 Å². The quantitative estimate of drug-likeness (QED) is 0.469. The third-order valence-electron chi connectivity index (χ3n) is 2.27. The summed E-state index contributed by atoms with van der Waals surface area (Å²) in [6, 6.07) is 8.05. The molecule has 0 aromatic heterocycles. The molecule has 0 bridgehead atoms. The Morgan fingerprint density at radius 2 is 1.86 bits per heavy atom. The minimum absolute atomic E-state index is 0.200. The summed E-state index contributed by atoms with van der Waals surface area (Å²) in [6.07, 6.45) is -1.19. The molecule has 0 saturated heterocycles. The van der Waals surface area contributed by atoms with E-state index in [2.05, 4.69) is 4.76 Å². The molecule has 0 saturated carbocycles. The van der Waals surface area contributed by atoms with Crippen molar-refractivity contribution in [1.29, 1.82) is 0 Å². The Bertz CT molecular complexity index is 611. The van der Waals surface area contributed by atoms with E-state index in [0.29, 0.717) is 0 Å². The van der Waals surface area contributed by atoms with Gasteiger partial charge in [0.25, 0.3) is 0 Å². The number of carbonyl (C=O) groups is 2. The van der Waals surface area contributed by atoms with Crippen LogP contribution >= 0.6 is 7.52 Å². The lowest BCUT2D eigenvalue weighted by Gasteiger charge is -2.15. The van der Waals surface area contributed by atoms with E-state index < -0.39 is 25.6 Å². The minimum Gasteiger partial charge on any atom is -0.481 e. The van der Waals surface area contributed by atoms with Gasteiger partial charge < -0.3 is 14.4 Å². The molecule has 8 heteroatoms. The first kappa shape index (κ1) is 17.9. The van der Waals surface area contributed by atoms with Crippen molar-refractivity contribution in [3.63, 3.8) is 0 Å². The Balaban J connectivity index is 3.03. The maximum Gasteiger partial charge on any atom is 0.373 e. The van der Waals surface area contributed by atoms with Crippen LogP contribution in [0.1, 0.15) is 20.8 Å². The normalized spacial score (nSPS) is 14.3. The van der Waals surface area contributed by atoms with Gasteiger partial charge in [0.05, 0.1) is 6.10 Å². The Morgan fingerprint density at radius 1 is 1.27 bits per heavy atom. The Kier molecular flexibility index (Phi) is 6.31. The van der Waals surface area contributed by atoms with Crippen LogP contribution in [0.3, 0.4) is 0 Å². The number of esters is 1. The van der Waals surface area contributed by atoms with Crippen molar-refractivity contribution in [1.82, 2.24) is 0 Å². The summed E-state index contributed by atoms with van der Waals surface area (Å²) in [5.74, 6) is -1.90. The molecule has 1 atom stereocenters. The second kappa shape index (κ2) is 7.75. The minimum atomic E-state index is -3.96. The molecule has 7 nitrogen and oxygen atoms in total. The van der Waals surface area contributed by atoms with Crippen LogP contribution in [0.5, 0.6) is 5.75 Å². The van der Waals surface area contributed by atoms with Gasteiger partial charge >= 0.3 is 19.5 Å². The molecule has 0 fully saturated rings. The first-order valence-corrected chi connectivity index (χ1v) is 8.31. The Hall–Kier alpha value is -2.14. The fourth-order valence-electron chi connectivity index (χ4n) is 1.47. The summed E-state index contributed by atoms with van der Waals surface area (Å²) in [5, 5.41) is 8.89. The van der Waals surface area contributed by atoms with Crippen LogP contribution in [0.2, 0.25) is 0 Å². The zero-order valence-corrected chi connectivity index (χ0v) is 13.4. The molecule has 0 aliphatic rings. The van der Waals surface area contributed by atoms with Crippen molar-refractivity contribution < 1.29 is 28.5 Å². The highest BCUT2D eigenvalue weighted by Gasteiger charge is 2.29. The highest BCUT2D eigenvalue weighted by Crippen LogP contribution is 2.48. The van der Waals surface area contributed by atoms with E-state index in [9.17, 15) is 14.2 Å². The SMILES string of the molecule is CC(=NP(=O)(CC(=O)O)Oc1ccccc1)C(=O)OC(C)C. The summed E-state index contributed by atoms with van der Waals surface area (Å²) in [4.78, 5) is 22.6. The summed E-state index contributed by atoms with van der Waals surface area (Å²) >= 11 is 0. The van der Waals surface area contributed by atoms with Crippen LogP contribution in [0.15, 0.2) is 35.1 Å². The average Bonchev–Trinajstić information content (AvgIpc) is 2.37. The molecule has 1 aromatic carbocycles. The van der Waals surface area contributed by atoms with Gasteiger partial charge in [-0.15, -0.1) is 0 Å². The number of nitrogens with zero attached hydrogens (tertiary/aromatic N) is 1. The largest absolute Gasteiger partial charge is 0.481 e. The van der Waals surface area contributed by atoms with Crippen LogP contribution in [-0.4, -0.2) is 35.0 Å². The zero-order chi connectivity index (χ0) is 16.8. The van der Waals surface area contributed by atoms with Crippen molar-refractivity contribution >= 4 is 25.2 Å². The molecule has 0 aliphatic carbocycles. The van der Waals surface area contributed by atoms with E-state index in [4.69, 9.17) is 14.4 Å². The number of carboxylic acids is 1. The summed E-state index contributed by atoms with van der Waals surface area (Å²) in [7, 11) is -3.96. The molecule has 22 heavy (non-hydrogen) atoms. The summed E-state index contributed by atoms with van der Waals surface area (Å²) < 4.78 is 26.4. The lowest BCUT2D eigenvalue weighted by Crippen LogP contribution is -2.19. The fourth-order valence-corrected chi connectivity index (χ4v) is 2.98. The molecule has 0 radical (unpaired) electrons. The van der Waals surface area contributed by atoms with Gasteiger partial charge in [-0.2, -0.15) is 4.76 Å². The molecular formula is C14H18NO6P. The van der Waals surface area contributed by atoms with E-state index in [1.54, 1.807) is 32.0 Å². The highest BCUT2D eigenvalue weighted by molar-refractivity contribution is 7.59. The van der Waals surface area contributed by atoms with Crippen molar-refractivity contribution in [3.8, 4) is 5.75 Å². The van der Waals surface area contributed by atoms with Crippen molar-refractivity contribution in [2.75, 3.05) is 6.16 Å². The molecular weight excluding hydrogens is 309 g/mol. The number of ether oxygens (including phenoxy) is 1. The molecule has 1 rings (SSSR count). The van der Waals surface area contributed by atoms with Gasteiger partial charge in [-0.25, -0.2) is 4.79 Å². The van der Waals surface area contributed by atoms with E-state index in [1.165, 1.54) is 19.1 Å². The van der Waals surface area contributed by atoms with Gasteiger partial charge in [0.15, 0.2) is 6.16 Å². The predicted octanol–water partition coefficient (Wildman–Crippen LogP) is 2.76. The smallest absolute Gasteiger partial charge is 0.373 e. The van der Waals surface area contributed by atoms with E-state index in [-0.39, 0.29) is 17.6 Å². The van der Waals surface area contributed by atoms with Crippen molar-refractivity contribution in [2.24, 2.45) is 4.76 Å². The molecule has 1 unspecified atom stereocenters. The molecule has 0 amide bonds. The topological polar surface area (TPSA) is 102 Å². The van der Waals surface area contributed by atoms with Crippen LogP contribution in [-0.2, 0) is 18.9 Å². The summed E-state index contributed by atoms with van der Waals surface area (Å²) in [5.41, 5.74) is -0.200. The van der Waals surface area contributed by atoms with Crippen LogP contribution in [0.25, 0.3) is 0 Å². The lowest BCUT2D eigenvalue weighted by molar-refractivity contribution is -0.139. The predicted molar refractivity (Wildman–Crippen MR) is 81.5 cm³/mol. The van der Waals surface area contributed by atoms with Gasteiger partial charge in [-0.3, -0.25) is 9.36 Å². The number of carboxylic acid groups (broad SMARTS) is 1. The third kappa shape index (κ3) is 6.10. The Morgan fingerprint density at radius 3 is 2.36 bits per heavy atom. The summed E-state index contributed by atoms with van der Waals surface area (Å²) in [6.45, 7) is 4.61. The van der Waals surface area contributed by atoms with Crippen LogP contribution in [0.4, 0.5) is 0 Å². The standard InChI is InChI=1S/C14H18NO6P/c1-10(2)20-14(18)11(3)15-22(19,9-13(16)17)21-12-7-5-4-6-8-12/h4-8,10H,9H2,1-3H3,(H,16,17). The lowest BCUT2D eigenvalue weighted by atomic mass is 10.3. The number of benzene rings is 1. The van der Waals surface area contributed by atoms with Gasteiger partial charge in [-0.1, -0.05) is 18.2 Å². The second-order valence-corrected chi connectivity index (χ2v) is 6.71. The van der Waals surface area contributed by atoms with Gasteiger partial charge in [0.2, 0.25) is 0 Å². The Labute approximate surface area is 128 Å². The first-order chi connectivity index (χ1) is 10.2. The van der Waals surface area contributed by atoms with E-state index >= 15 is 0 Å². The molecule has 1 N–H and O–H groups in total. The maximum atomic E-state index is 12.6. The van der Waals surface area contributed by atoms with Crippen molar-refractivity contribution in [3.05, 3.63) is 30.3 Å². The number of hydrogen-bond acceptors (Lipinski definition) is 5. The van der Waals surface area contributed by atoms with Crippen molar-refractivity contribution in [2.45, 2.75) is 26.9 Å². The number of rotatable bonds is 7. The fraction of sp³-hybridized carbons (Fsp3) is 0.357. The average molecular weight is 327 g/mol. The molecule has 120 valence electrons. The number of carbonyl (C=O) groups excluding carboxylic acids is 1. The second-order valence-electron chi connectivity index (χ2n) is 4.73. The van der Waals surface area contributed by atoms with Gasteiger partial charge in [0, 0.05) is 0 Å². The first-order valence-electron chi connectivity index (χ1n) is 6.55. The zero-order valence-electron chi connectivity index (χ0n) is 12.6. The number of para-hydroxylation sites is 1. The van der Waals surface area contributed by atoms with Gasteiger partial charge in [0.1, 0.15) is 11.5 Å². The van der Waals surface area contributed by atoms with Crippen LogP contribution in [0, 0.1) is 0 Å². The monoisotopic (exact) mass is 327 g/mol. The highest BCUT2D eigenvalue weighted by atomic mass is 31.2. The van der Waals surface area contributed by atoms with E-state index in [1.807, 2.05) is 0 Å². The molecule has 0 heterocycles. The molecule has 0 spiro atoms. The maximum absolute atomic E-state index is 12.6. The third-order valence-corrected chi connectivity index (χ3v) is 4.04. The number of aliphatic carboxylic acids is 1. The van der Waals surface area contributed by atoms with E-state index in [0.717, 1.165) is 0 Å². The van der Waals surface area contributed by atoms with Gasteiger partial charge in [-0.05, 0) is 32.9 Å². The molecule has 0 aliphatic heterocycles.